The summed E-state index contributed by atoms with van der Waals surface area (Å²) in [5.74, 6) is -0.170. The first kappa shape index (κ1) is 21.8. The van der Waals surface area contributed by atoms with Gasteiger partial charge in [0.05, 0.1) is 9.88 Å². The molecule has 2 atom stereocenters. The Morgan fingerprint density at radius 2 is 1.77 bits per heavy atom. The van der Waals surface area contributed by atoms with E-state index in [1.807, 2.05) is 32.0 Å². The van der Waals surface area contributed by atoms with Crippen molar-refractivity contribution in [2.45, 2.75) is 51.6 Å². The second-order valence-corrected chi connectivity index (χ2v) is 8.89. The fraction of sp³-hybridized carbons (Fsp3) is 0.409. The highest BCUT2D eigenvalue weighted by Crippen LogP contribution is 2.26. The summed E-state index contributed by atoms with van der Waals surface area (Å²) in [6.07, 6.45) is 3.29. The summed E-state index contributed by atoms with van der Waals surface area (Å²) in [6.45, 7) is 3.89. The number of carbonyl (C=O) groups excluding carboxylic acids is 3. The van der Waals surface area contributed by atoms with Crippen LogP contribution >= 0.6 is 11.3 Å². The molecule has 160 valence electrons. The van der Waals surface area contributed by atoms with Gasteiger partial charge in [-0.25, -0.2) is 4.79 Å². The number of rotatable bonds is 6. The maximum absolute atomic E-state index is 12.6. The average molecular weight is 429 g/mol. The lowest BCUT2D eigenvalue weighted by atomic mass is 9.85. The van der Waals surface area contributed by atoms with E-state index < -0.39 is 0 Å². The van der Waals surface area contributed by atoms with Gasteiger partial charge in [0.15, 0.2) is 0 Å². The van der Waals surface area contributed by atoms with Crippen molar-refractivity contribution >= 4 is 39.9 Å². The van der Waals surface area contributed by atoms with E-state index in [1.165, 1.54) is 11.3 Å². The van der Waals surface area contributed by atoms with Crippen LogP contribution in [0.15, 0.2) is 42.5 Å². The molecule has 7 nitrogen and oxygen atoms in total. The number of anilines is 2. The van der Waals surface area contributed by atoms with E-state index in [1.54, 1.807) is 24.3 Å². The average Bonchev–Trinajstić information content (AvgIpc) is 3.17. The molecule has 8 heteroatoms. The van der Waals surface area contributed by atoms with Gasteiger partial charge in [-0.1, -0.05) is 24.6 Å². The lowest BCUT2D eigenvalue weighted by molar-refractivity contribution is -0.126. The number of para-hydroxylation sites is 1. The van der Waals surface area contributed by atoms with Crippen LogP contribution in [-0.4, -0.2) is 29.9 Å². The number of amides is 4. The zero-order valence-corrected chi connectivity index (χ0v) is 18.1. The van der Waals surface area contributed by atoms with Crippen LogP contribution in [0.1, 0.15) is 49.2 Å². The van der Waals surface area contributed by atoms with Gasteiger partial charge >= 0.3 is 6.03 Å². The third kappa shape index (κ3) is 6.32. The zero-order chi connectivity index (χ0) is 21.5. The fourth-order valence-corrected chi connectivity index (χ4v) is 4.35. The number of hydrogen-bond donors (Lipinski definition) is 4. The Morgan fingerprint density at radius 1 is 1.00 bits per heavy atom. The van der Waals surface area contributed by atoms with Crippen LogP contribution in [-0.2, 0) is 4.79 Å². The van der Waals surface area contributed by atoms with Gasteiger partial charge in [0.25, 0.3) is 5.91 Å². The van der Waals surface area contributed by atoms with Crippen LogP contribution in [0.25, 0.3) is 0 Å². The quantitative estimate of drug-likeness (QED) is 0.555. The summed E-state index contributed by atoms with van der Waals surface area (Å²) >= 11 is 1.22. The summed E-state index contributed by atoms with van der Waals surface area (Å²) < 4.78 is 0. The van der Waals surface area contributed by atoms with Crippen molar-refractivity contribution in [3.63, 3.8) is 0 Å². The number of urea groups is 1. The van der Waals surface area contributed by atoms with Crippen molar-refractivity contribution in [2.24, 2.45) is 5.92 Å². The Kier molecular flexibility index (Phi) is 7.46. The smallest absolute Gasteiger partial charge is 0.324 e. The molecule has 2 aromatic rings. The van der Waals surface area contributed by atoms with Crippen LogP contribution in [0, 0.1) is 5.92 Å². The normalized spacial score (nSPS) is 18.5. The van der Waals surface area contributed by atoms with Crippen LogP contribution in [0.2, 0.25) is 0 Å². The molecule has 1 aliphatic carbocycles. The Balaban J connectivity index is 1.51. The van der Waals surface area contributed by atoms with Gasteiger partial charge in [-0.3, -0.25) is 14.9 Å². The molecule has 1 aliphatic rings. The Bertz CT molecular complexity index is 882. The van der Waals surface area contributed by atoms with E-state index in [0.717, 1.165) is 19.3 Å². The van der Waals surface area contributed by atoms with E-state index >= 15 is 0 Å². The second kappa shape index (κ2) is 10.2. The number of thiophene rings is 1. The van der Waals surface area contributed by atoms with Crippen molar-refractivity contribution in [1.82, 2.24) is 10.6 Å². The van der Waals surface area contributed by atoms with E-state index in [0.29, 0.717) is 22.0 Å². The molecule has 0 bridgehead atoms. The number of nitrogens with one attached hydrogen (secondary N) is 4. The summed E-state index contributed by atoms with van der Waals surface area (Å²) in [4.78, 5) is 37.5. The van der Waals surface area contributed by atoms with E-state index in [4.69, 9.17) is 0 Å². The predicted molar refractivity (Wildman–Crippen MR) is 120 cm³/mol. The third-order valence-corrected chi connectivity index (χ3v) is 5.91. The molecular formula is C22H28N4O3S. The number of benzene rings is 1. The van der Waals surface area contributed by atoms with Crippen molar-refractivity contribution in [3.05, 3.63) is 47.3 Å². The molecule has 4 amide bonds. The van der Waals surface area contributed by atoms with Gasteiger partial charge in [-0.05, 0) is 57.4 Å². The molecule has 2 unspecified atom stereocenters. The maximum Gasteiger partial charge on any atom is 0.324 e. The van der Waals surface area contributed by atoms with Gasteiger partial charge in [0.1, 0.15) is 0 Å². The van der Waals surface area contributed by atoms with Crippen molar-refractivity contribution < 1.29 is 14.4 Å². The van der Waals surface area contributed by atoms with Crippen molar-refractivity contribution in [2.75, 3.05) is 10.6 Å². The highest BCUT2D eigenvalue weighted by atomic mass is 32.1. The molecule has 1 fully saturated rings. The standard InChI is InChI=1S/C22H28N4O3S/c1-14(2)23-20(27)15-7-6-10-17(13-15)24-21(28)18-11-12-19(30-18)26-22(29)25-16-8-4-3-5-9-16/h3-5,8-9,11-12,14-15,17H,6-7,10,13H2,1-2H3,(H,23,27)(H,24,28)(H2,25,26,29). The molecule has 3 rings (SSSR count). The van der Waals surface area contributed by atoms with Gasteiger partial charge in [-0.2, -0.15) is 0 Å². The first-order chi connectivity index (χ1) is 14.4. The van der Waals surface area contributed by atoms with E-state index in [-0.39, 0.29) is 35.8 Å². The van der Waals surface area contributed by atoms with Crippen LogP contribution in [0.4, 0.5) is 15.5 Å². The maximum atomic E-state index is 12.6. The Morgan fingerprint density at radius 3 is 2.50 bits per heavy atom. The number of carbonyl (C=O) groups is 3. The summed E-state index contributed by atoms with van der Waals surface area (Å²) in [6, 6.07) is 12.3. The van der Waals surface area contributed by atoms with Gasteiger partial charge in [0.2, 0.25) is 5.91 Å². The SMILES string of the molecule is CC(C)NC(=O)C1CCCC(NC(=O)c2ccc(NC(=O)Nc3ccccc3)s2)C1. The molecule has 1 aromatic heterocycles. The molecule has 4 N–H and O–H groups in total. The lowest BCUT2D eigenvalue weighted by Gasteiger charge is -2.29. The van der Waals surface area contributed by atoms with Gasteiger partial charge in [0, 0.05) is 23.7 Å². The van der Waals surface area contributed by atoms with Crippen LogP contribution < -0.4 is 21.3 Å². The third-order valence-electron chi connectivity index (χ3n) is 4.91. The molecule has 1 heterocycles. The van der Waals surface area contributed by atoms with Gasteiger partial charge in [-0.15, -0.1) is 11.3 Å². The molecule has 1 saturated carbocycles. The lowest BCUT2D eigenvalue weighted by Crippen LogP contribution is -2.43. The summed E-state index contributed by atoms with van der Waals surface area (Å²) in [5, 5.41) is 12.1. The minimum atomic E-state index is -0.360. The topological polar surface area (TPSA) is 99.3 Å². The predicted octanol–water partition coefficient (Wildman–Crippen LogP) is 4.21. The molecule has 0 aliphatic heterocycles. The molecule has 0 radical (unpaired) electrons. The minimum Gasteiger partial charge on any atom is -0.354 e. The summed E-state index contributed by atoms with van der Waals surface area (Å²) in [5.41, 5.74) is 0.692. The van der Waals surface area contributed by atoms with E-state index in [2.05, 4.69) is 21.3 Å². The summed E-state index contributed by atoms with van der Waals surface area (Å²) in [7, 11) is 0. The monoisotopic (exact) mass is 428 g/mol. The van der Waals surface area contributed by atoms with Gasteiger partial charge < -0.3 is 16.0 Å². The van der Waals surface area contributed by atoms with Crippen molar-refractivity contribution in [1.29, 1.82) is 0 Å². The van der Waals surface area contributed by atoms with Crippen molar-refractivity contribution in [3.8, 4) is 0 Å². The van der Waals surface area contributed by atoms with Crippen LogP contribution in [0.5, 0.6) is 0 Å². The molecule has 1 aromatic carbocycles. The first-order valence-corrected chi connectivity index (χ1v) is 11.1. The molecule has 30 heavy (non-hydrogen) atoms. The second-order valence-electron chi connectivity index (χ2n) is 7.81. The Labute approximate surface area is 180 Å². The highest BCUT2D eigenvalue weighted by Gasteiger charge is 2.28. The fourth-order valence-electron chi connectivity index (χ4n) is 3.54. The molecule has 0 spiro atoms. The highest BCUT2D eigenvalue weighted by molar-refractivity contribution is 7.18. The zero-order valence-electron chi connectivity index (χ0n) is 17.2. The van der Waals surface area contributed by atoms with Crippen LogP contribution in [0.3, 0.4) is 0 Å². The molecular weight excluding hydrogens is 400 g/mol. The first-order valence-electron chi connectivity index (χ1n) is 10.2. The Hall–Kier alpha value is -2.87. The largest absolute Gasteiger partial charge is 0.354 e. The number of hydrogen-bond acceptors (Lipinski definition) is 4. The molecule has 0 saturated heterocycles. The van der Waals surface area contributed by atoms with E-state index in [9.17, 15) is 14.4 Å². The minimum absolute atomic E-state index is 0.0194.